The molecule has 1 aromatic carbocycles. The molecular weight excluding hydrogens is 448 g/mol. The first-order valence-corrected chi connectivity index (χ1v) is 12.0. The molecule has 1 amide bonds. The van der Waals surface area contributed by atoms with Gasteiger partial charge in [-0.2, -0.15) is 5.10 Å². The van der Waals surface area contributed by atoms with E-state index in [1.807, 2.05) is 62.7 Å². The van der Waals surface area contributed by atoms with E-state index in [4.69, 9.17) is 19.3 Å². The fraction of sp³-hybridized carbons (Fsp3) is 0.520. The molecule has 0 atom stereocenters. The summed E-state index contributed by atoms with van der Waals surface area (Å²) in [5, 5.41) is 17.2. The van der Waals surface area contributed by atoms with Gasteiger partial charge in [0.1, 0.15) is 11.4 Å². The Balaban J connectivity index is 1.63. The lowest BCUT2D eigenvalue weighted by atomic mass is 10.1. The van der Waals surface area contributed by atoms with Crippen molar-refractivity contribution >= 4 is 22.9 Å². The maximum Gasteiger partial charge on any atom is 0.410 e. The van der Waals surface area contributed by atoms with Crippen molar-refractivity contribution in [1.29, 1.82) is 0 Å². The maximum atomic E-state index is 12.5. The Morgan fingerprint density at radius 3 is 2.60 bits per heavy atom. The Morgan fingerprint density at radius 2 is 1.91 bits per heavy atom. The van der Waals surface area contributed by atoms with E-state index < -0.39 is 5.60 Å². The Hall–Kier alpha value is -3.40. The van der Waals surface area contributed by atoms with Gasteiger partial charge in [-0.1, -0.05) is 12.1 Å². The van der Waals surface area contributed by atoms with E-state index in [1.165, 1.54) is 0 Å². The van der Waals surface area contributed by atoms with Crippen LogP contribution in [0, 0.1) is 0 Å². The predicted octanol–water partition coefficient (Wildman–Crippen LogP) is 4.48. The number of fused-ring (bicyclic) bond motifs is 1. The molecule has 1 saturated heterocycles. The molecule has 10 heteroatoms. The molecule has 1 aliphatic rings. The molecule has 0 bridgehead atoms. The quantitative estimate of drug-likeness (QED) is 0.492. The minimum Gasteiger partial charge on any atom is -0.467 e. The average Bonchev–Trinajstić information content (AvgIpc) is 3.20. The zero-order valence-electron chi connectivity index (χ0n) is 21.1. The van der Waals surface area contributed by atoms with Gasteiger partial charge in [0.25, 0.3) is 0 Å². The number of para-hydroxylation sites is 1. The number of methoxy groups -OCH3 is 1. The molecule has 3 heterocycles. The van der Waals surface area contributed by atoms with E-state index in [0.29, 0.717) is 30.4 Å². The Kier molecular flexibility index (Phi) is 7.39. The van der Waals surface area contributed by atoms with Crippen LogP contribution in [0.3, 0.4) is 0 Å². The van der Waals surface area contributed by atoms with Crippen molar-refractivity contribution in [3.05, 3.63) is 30.3 Å². The first-order valence-electron chi connectivity index (χ1n) is 12.0. The standard InChI is InChI=1S/C25H34N6O4/c1-6-26-23-22-20(15-19(27-28-22)18-9-7-8-10-21(18)34-16-33-5)31(29-23)17-11-13-30(14-12-17)24(32)35-25(2,3)4/h7-10,15,17H,6,11-14,16H2,1-5H3,(H,26,29). The highest BCUT2D eigenvalue weighted by Crippen LogP contribution is 2.34. The number of hydrogen-bond donors (Lipinski definition) is 1. The Bertz CT molecular complexity index is 1160. The summed E-state index contributed by atoms with van der Waals surface area (Å²) >= 11 is 0. The zero-order chi connectivity index (χ0) is 25.0. The molecule has 3 aromatic rings. The van der Waals surface area contributed by atoms with Gasteiger partial charge in [0.05, 0.1) is 17.3 Å². The van der Waals surface area contributed by atoms with Crippen LogP contribution >= 0.6 is 0 Å². The van der Waals surface area contributed by atoms with Gasteiger partial charge in [-0.05, 0) is 58.7 Å². The van der Waals surface area contributed by atoms with Crippen molar-refractivity contribution in [1.82, 2.24) is 24.9 Å². The molecule has 188 valence electrons. The SMILES string of the molecule is CCNc1nn(C2CCN(C(=O)OC(C)(C)C)CC2)c2cc(-c3ccccc3OCOC)nnc12. The molecule has 0 saturated carbocycles. The van der Waals surface area contributed by atoms with Gasteiger partial charge < -0.3 is 24.4 Å². The lowest BCUT2D eigenvalue weighted by molar-refractivity contribution is 0.0186. The lowest BCUT2D eigenvalue weighted by Gasteiger charge is -2.33. The zero-order valence-corrected chi connectivity index (χ0v) is 21.1. The van der Waals surface area contributed by atoms with Gasteiger partial charge >= 0.3 is 6.09 Å². The average molecular weight is 483 g/mol. The summed E-state index contributed by atoms with van der Waals surface area (Å²) in [7, 11) is 1.59. The van der Waals surface area contributed by atoms with Crippen LogP contribution in [0.2, 0.25) is 0 Å². The predicted molar refractivity (Wildman–Crippen MR) is 134 cm³/mol. The summed E-state index contributed by atoms with van der Waals surface area (Å²) in [4.78, 5) is 14.3. The van der Waals surface area contributed by atoms with Crippen LogP contribution in [0.4, 0.5) is 10.6 Å². The number of likely N-dealkylation sites (tertiary alicyclic amines) is 1. The molecule has 0 spiro atoms. The van der Waals surface area contributed by atoms with Crippen LogP contribution in [0.25, 0.3) is 22.3 Å². The maximum absolute atomic E-state index is 12.5. The first kappa shape index (κ1) is 24.7. The monoisotopic (exact) mass is 482 g/mol. The van der Waals surface area contributed by atoms with E-state index in [9.17, 15) is 4.79 Å². The van der Waals surface area contributed by atoms with Crippen LogP contribution in [-0.4, -0.2) is 70.1 Å². The van der Waals surface area contributed by atoms with Crippen LogP contribution in [-0.2, 0) is 9.47 Å². The van der Waals surface area contributed by atoms with E-state index in [2.05, 4.69) is 15.5 Å². The van der Waals surface area contributed by atoms with Gasteiger partial charge in [0.2, 0.25) is 0 Å². The van der Waals surface area contributed by atoms with E-state index in [0.717, 1.165) is 36.0 Å². The van der Waals surface area contributed by atoms with Crippen LogP contribution in [0.1, 0.15) is 46.6 Å². The molecule has 0 radical (unpaired) electrons. The number of rotatable bonds is 7. The minimum atomic E-state index is -0.509. The third kappa shape index (κ3) is 5.64. The highest BCUT2D eigenvalue weighted by molar-refractivity contribution is 5.88. The van der Waals surface area contributed by atoms with Crippen molar-refractivity contribution in [2.45, 2.75) is 52.2 Å². The molecule has 0 aliphatic carbocycles. The summed E-state index contributed by atoms with van der Waals surface area (Å²) in [5.74, 6) is 1.38. The third-order valence-corrected chi connectivity index (χ3v) is 5.75. The number of piperidine rings is 1. The third-order valence-electron chi connectivity index (χ3n) is 5.75. The highest BCUT2D eigenvalue weighted by atomic mass is 16.7. The number of carbonyl (C=O) groups is 1. The number of benzene rings is 1. The molecule has 1 fully saturated rings. The highest BCUT2D eigenvalue weighted by Gasteiger charge is 2.29. The second kappa shape index (κ2) is 10.5. The van der Waals surface area contributed by atoms with Gasteiger partial charge in [-0.15, -0.1) is 10.2 Å². The molecule has 0 unspecified atom stereocenters. The summed E-state index contributed by atoms with van der Waals surface area (Å²) in [6.45, 7) is 9.75. The molecule has 10 nitrogen and oxygen atoms in total. The molecular formula is C25H34N6O4. The fourth-order valence-electron chi connectivity index (χ4n) is 4.18. The molecule has 2 aromatic heterocycles. The van der Waals surface area contributed by atoms with Crippen LogP contribution in [0.15, 0.2) is 30.3 Å². The van der Waals surface area contributed by atoms with Crippen molar-refractivity contribution in [2.24, 2.45) is 0 Å². The molecule has 35 heavy (non-hydrogen) atoms. The molecule has 1 aliphatic heterocycles. The molecule has 1 N–H and O–H groups in total. The normalized spacial score (nSPS) is 14.8. The fourth-order valence-corrected chi connectivity index (χ4v) is 4.18. The second-order valence-electron chi connectivity index (χ2n) is 9.53. The smallest absolute Gasteiger partial charge is 0.410 e. The minimum absolute atomic E-state index is 0.126. The lowest BCUT2D eigenvalue weighted by Crippen LogP contribution is -2.42. The number of ether oxygens (including phenoxy) is 3. The largest absolute Gasteiger partial charge is 0.467 e. The van der Waals surface area contributed by atoms with Crippen molar-refractivity contribution < 1.29 is 19.0 Å². The summed E-state index contributed by atoms with van der Waals surface area (Å²) in [5.41, 5.74) is 2.63. The van der Waals surface area contributed by atoms with Crippen LogP contribution in [0.5, 0.6) is 5.75 Å². The van der Waals surface area contributed by atoms with Gasteiger partial charge in [0, 0.05) is 32.3 Å². The summed E-state index contributed by atoms with van der Waals surface area (Å²) in [6.07, 6.45) is 1.27. The van der Waals surface area contributed by atoms with Crippen LogP contribution < -0.4 is 10.1 Å². The van der Waals surface area contributed by atoms with Crippen molar-refractivity contribution in [3.63, 3.8) is 0 Å². The summed E-state index contributed by atoms with van der Waals surface area (Å²) < 4.78 is 18.4. The Morgan fingerprint density at radius 1 is 1.17 bits per heavy atom. The number of nitrogens with one attached hydrogen (secondary N) is 1. The Labute approximate surface area is 205 Å². The van der Waals surface area contributed by atoms with Crippen molar-refractivity contribution in [2.75, 3.05) is 38.9 Å². The van der Waals surface area contributed by atoms with E-state index in [1.54, 1.807) is 12.0 Å². The van der Waals surface area contributed by atoms with Gasteiger partial charge in [-0.25, -0.2) is 4.79 Å². The summed E-state index contributed by atoms with van der Waals surface area (Å²) in [6, 6.07) is 9.81. The number of amides is 1. The topological polar surface area (TPSA) is 104 Å². The van der Waals surface area contributed by atoms with Gasteiger partial charge in [0.15, 0.2) is 18.1 Å². The first-order chi connectivity index (χ1) is 16.8. The number of aromatic nitrogens is 4. The second-order valence-corrected chi connectivity index (χ2v) is 9.53. The number of nitrogens with zero attached hydrogens (tertiary/aromatic N) is 5. The van der Waals surface area contributed by atoms with E-state index >= 15 is 0 Å². The van der Waals surface area contributed by atoms with E-state index in [-0.39, 0.29) is 18.9 Å². The van der Waals surface area contributed by atoms with Gasteiger partial charge in [-0.3, -0.25) is 4.68 Å². The molecule has 4 rings (SSSR count). The number of hydrogen-bond acceptors (Lipinski definition) is 8. The number of anilines is 1. The number of carbonyl (C=O) groups excluding carboxylic acids is 1. The van der Waals surface area contributed by atoms with Crippen molar-refractivity contribution in [3.8, 4) is 17.0 Å².